The monoisotopic (exact) mass is 224 g/mol. The van der Waals surface area contributed by atoms with Crippen LogP contribution in [0.25, 0.3) is 0 Å². The van der Waals surface area contributed by atoms with Gasteiger partial charge in [0, 0.05) is 17.0 Å². The highest BCUT2D eigenvalue weighted by atomic mass is 32.2. The van der Waals surface area contributed by atoms with Gasteiger partial charge >= 0.3 is 0 Å². The highest BCUT2D eigenvalue weighted by Gasteiger charge is 2.09. The van der Waals surface area contributed by atoms with E-state index in [9.17, 15) is 4.79 Å². The molecule has 1 rings (SSSR count). The molecule has 4 heteroatoms. The average Bonchev–Trinajstić information content (AvgIpc) is 2.15. The predicted molar refractivity (Wildman–Crippen MR) is 65.8 cm³/mol. The molecule has 0 unspecified atom stereocenters. The molecule has 4 N–H and O–H groups in total. The van der Waals surface area contributed by atoms with Crippen molar-refractivity contribution in [3.63, 3.8) is 0 Å². The number of nitrogen functional groups attached to an aromatic ring is 1. The summed E-state index contributed by atoms with van der Waals surface area (Å²) in [7, 11) is 0. The van der Waals surface area contributed by atoms with E-state index in [-0.39, 0.29) is 0 Å². The van der Waals surface area contributed by atoms with Gasteiger partial charge in [-0.25, -0.2) is 0 Å². The summed E-state index contributed by atoms with van der Waals surface area (Å²) in [4.78, 5) is 11.2. The molecule has 0 radical (unpaired) electrons. The Hall–Kier alpha value is -1.16. The minimum atomic E-state index is -0.415. The van der Waals surface area contributed by atoms with E-state index in [0.717, 1.165) is 11.3 Å². The number of hydrogen-bond donors (Lipinski definition) is 2. The lowest BCUT2D eigenvalue weighted by atomic mass is 10.1. The van der Waals surface area contributed by atoms with Gasteiger partial charge in [0.05, 0.1) is 0 Å². The Morgan fingerprint density at radius 3 is 2.67 bits per heavy atom. The summed E-state index contributed by atoms with van der Waals surface area (Å²) in [6.07, 6.45) is 0. The molecule has 1 aromatic carbocycles. The number of anilines is 1. The lowest BCUT2D eigenvalue weighted by Crippen LogP contribution is -2.14. The Kier molecular flexibility index (Phi) is 4.03. The molecule has 0 fully saturated rings. The first-order valence-electron chi connectivity index (χ1n) is 4.80. The lowest BCUT2D eigenvalue weighted by Gasteiger charge is -2.09. The van der Waals surface area contributed by atoms with E-state index in [2.05, 4.69) is 13.8 Å². The molecule has 3 nitrogen and oxygen atoms in total. The third-order valence-electron chi connectivity index (χ3n) is 1.97. The van der Waals surface area contributed by atoms with Crippen molar-refractivity contribution < 1.29 is 4.79 Å². The number of nitrogens with two attached hydrogens (primary N) is 2. The maximum absolute atomic E-state index is 11.2. The number of carbonyl (C=O) groups is 1. The second-order valence-electron chi connectivity index (χ2n) is 3.64. The summed E-state index contributed by atoms with van der Waals surface area (Å²) in [6.45, 7) is 4.23. The first-order chi connectivity index (χ1) is 7.00. The maximum atomic E-state index is 11.2. The minimum Gasteiger partial charge on any atom is -0.399 e. The predicted octanol–water partition coefficient (Wildman–Crippen LogP) is 2.01. The molecule has 0 aliphatic carbocycles. The average molecular weight is 224 g/mol. The summed E-state index contributed by atoms with van der Waals surface area (Å²) in [5, 5.41) is 0.531. The van der Waals surface area contributed by atoms with Gasteiger partial charge in [-0.05, 0) is 22.9 Å². The van der Waals surface area contributed by atoms with Crippen molar-refractivity contribution in [3.8, 4) is 0 Å². The Balaban J connectivity index is 2.91. The number of rotatable bonds is 4. The van der Waals surface area contributed by atoms with Crippen molar-refractivity contribution in [3.05, 3.63) is 29.3 Å². The highest BCUT2D eigenvalue weighted by molar-refractivity contribution is 7.99. The molecule has 0 aliphatic rings. The topological polar surface area (TPSA) is 69.1 Å². The second-order valence-corrected chi connectivity index (χ2v) is 5.21. The van der Waals surface area contributed by atoms with Crippen LogP contribution in [0.5, 0.6) is 0 Å². The largest absolute Gasteiger partial charge is 0.399 e. The van der Waals surface area contributed by atoms with Crippen LogP contribution < -0.4 is 11.5 Å². The van der Waals surface area contributed by atoms with Crippen molar-refractivity contribution in [1.29, 1.82) is 0 Å². The van der Waals surface area contributed by atoms with Gasteiger partial charge in [-0.15, -0.1) is 0 Å². The van der Waals surface area contributed by atoms with E-state index in [1.165, 1.54) is 0 Å². The molecule has 82 valence electrons. The fraction of sp³-hybridized carbons (Fsp3) is 0.364. The molecule has 1 aromatic rings. The van der Waals surface area contributed by atoms with E-state index in [1.807, 2.05) is 6.07 Å². The van der Waals surface area contributed by atoms with Gasteiger partial charge in [0.1, 0.15) is 0 Å². The Labute approximate surface area is 94.2 Å². The van der Waals surface area contributed by atoms with Crippen molar-refractivity contribution in [2.75, 3.05) is 5.73 Å². The van der Waals surface area contributed by atoms with Crippen molar-refractivity contribution in [2.24, 2.45) is 5.73 Å². The van der Waals surface area contributed by atoms with Crippen LogP contribution in [-0.2, 0) is 5.75 Å². The lowest BCUT2D eigenvalue weighted by molar-refractivity contribution is 0.0999. The third kappa shape index (κ3) is 3.47. The summed E-state index contributed by atoms with van der Waals surface area (Å²) >= 11 is 1.77. The molecule has 15 heavy (non-hydrogen) atoms. The number of primary amides is 1. The second kappa shape index (κ2) is 5.07. The van der Waals surface area contributed by atoms with Crippen LogP contribution in [0.15, 0.2) is 18.2 Å². The van der Waals surface area contributed by atoms with Crippen molar-refractivity contribution in [2.45, 2.75) is 24.9 Å². The van der Waals surface area contributed by atoms with Crippen molar-refractivity contribution >= 4 is 23.4 Å². The van der Waals surface area contributed by atoms with Crippen LogP contribution in [0.3, 0.4) is 0 Å². The number of benzene rings is 1. The van der Waals surface area contributed by atoms with Gasteiger partial charge < -0.3 is 11.5 Å². The Morgan fingerprint density at radius 2 is 2.13 bits per heavy atom. The summed E-state index contributed by atoms with van der Waals surface area (Å²) < 4.78 is 0. The first-order valence-corrected chi connectivity index (χ1v) is 5.85. The zero-order valence-electron chi connectivity index (χ0n) is 8.99. The fourth-order valence-corrected chi connectivity index (χ4v) is 1.97. The van der Waals surface area contributed by atoms with Crippen LogP contribution >= 0.6 is 11.8 Å². The SMILES string of the molecule is CC(C)SCc1ccc(N)cc1C(N)=O. The Morgan fingerprint density at radius 1 is 1.47 bits per heavy atom. The molecule has 1 amide bonds. The van der Waals surface area contributed by atoms with Crippen LogP contribution in [0.1, 0.15) is 29.8 Å². The highest BCUT2D eigenvalue weighted by Crippen LogP contribution is 2.21. The smallest absolute Gasteiger partial charge is 0.249 e. The van der Waals surface area contributed by atoms with E-state index >= 15 is 0 Å². The Bertz CT molecular complexity index is 364. The van der Waals surface area contributed by atoms with Gasteiger partial charge in [0.25, 0.3) is 0 Å². The number of amides is 1. The molecule has 0 saturated carbocycles. The zero-order chi connectivity index (χ0) is 11.4. The summed E-state index contributed by atoms with van der Waals surface area (Å²) in [6, 6.07) is 5.30. The molecular formula is C11H16N2OS. The van der Waals surface area contributed by atoms with Gasteiger partial charge in [-0.3, -0.25) is 4.79 Å². The molecule has 0 aromatic heterocycles. The minimum absolute atomic E-state index is 0.415. The quantitative estimate of drug-likeness (QED) is 0.769. The fourth-order valence-electron chi connectivity index (χ4n) is 1.21. The van der Waals surface area contributed by atoms with Crippen LogP contribution in [0, 0.1) is 0 Å². The molecular weight excluding hydrogens is 208 g/mol. The first kappa shape index (κ1) is 11.9. The van der Waals surface area contributed by atoms with E-state index in [0.29, 0.717) is 16.5 Å². The van der Waals surface area contributed by atoms with Gasteiger partial charge in [0.2, 0.25) is 5.91 Å². The van der Waals surface area contributed by atoms with Gasteiger partial charge in [0.15, 0.2) is 0 Å². The van der Waals surface area contributed by atoms with Crippen LogP contribution in [0.2, 0.25) is 0 Å². The standard InChI is InChI=1S/C11H16N2OS/c1-7(2)15-6-8-3-4-9(12)5-10(8)11(13)14/h3-5,7H,6,12H2,1-2H3,(H2,13,14). The van der Waals surface area contributed by atoms with E-state index < -0.39 is 5.91 Å². The molecule has 0 aliphatic heterocycles. The molecule has 0 heterocycles. The molecule has 0 saturated heterocycles. The van der Waals surface area contributed by atoms with Gasteiger partial charge in [-0.1, -0.05) is 19.9 Å². The third-order valence-corrected chi connectivity index (χ3v) is 3.12. The molecule has 0 atom stereocenters. The number of thioether (sulfide) groups is 1. The number of hydrogen-bond acceptors (Lipinski definition) is 3. The summed E-state index contributed by atoms with van der Waals surface area (Å²) in [5.41, 5.74) is 12.9. The molecule has 0 bridgehead atoms. The van der Waals surface area contributed by atoms with Crippen molar-refractivity contribution in [1.82, 2.24) is 0 Å². The van der Waals surface area contributed by atoms with E-state index in [1.54, 1.807) is 23.9 Å². The summed E-state index contributed by atoms with van der Waals surface area (Å²) in [5.74, 6) is 0.373. The maximum Gasteiger partial charge on any atom is 0.249 e. The van der Waals surface area contributed by atoms with Crippen LogP contribution in [-0.4, -0.2) is 11.2 Å². The van der Waals surface area contributed by atoms with Gasteiger partial charge in [-0.2, -0.15) is 11.8 Å². The number of carbonyl (C=O) groups excluding carboxylic acids is 1. The normalized spacial score (nSPS) is 10.6. The molecule has 0 spiro atoms. The van der Waals surface area contributed by atoms with Crippen LogP contribution in [0.4, 0.5) is 5.69 Å². The zero-order valence-corrected chi connectivity index (χ0v) is 9.80. The van der Waals surface area contributed by atoms with E-state index in [4.69, 9.17) is 11.5 Å².